The van der Waals surface area contributed by atoms with Crippen LogP contribution in [0, 0.1) is 20.0 Å². The van der Waals surface area contributed by atoms with E-state index < -0.39 is 0 Å². The van der Waals surface area contributed by atoms with Gasteiger partial charge in [-0.3, -0.25) is 4.98 Å². The van der Waals surface area contributed by atoms with Gasteiger partial charge in [0.2, 0.25) is 0 Å². The molecule has 5 heteroatoms. The Morgan fingerprint density at radius 3 is 1.89 bits per heavy atom. The third-order valence-corrected chi connectivity index (χ3v) is 11.2. The second-order valence-corrected chi connectivity index (χ2v) is 15.9. The molecule has 0 fully saturated rings. The molecule has 0 saturated heterocycles. The molecule has 4 nitrogen and oxygen atoms in total. The molecule has 0 aliphatic heterocycles. The van der Waals surface area contributed by atoms with Gasteiger partial charge < -0.3 is 13.4 Å². The van der Waals surface area contributed by atoms with Gasteiger partial charge in [0.1, 0.15) is 17.1 Å². The standard InChI is InChI=1S/C43H34NO2.C13H12N.Ir/c1-26(2)36-23-31(29-15-9-6-10-16-29)24-37(27(3)4)40(36)34-18-12-20-38-42(34)46-43(44-38)35-19-11-17-33-32-22-21-30(25-39(32)45-41(33)35)28-13-7-5-8-14-28;1-11-7-3-4-8-12(11)13-9-5-6-10-14(13)2;/h5-18,20-27H,1-4H3;3-10H,1-2H2;/q2*-1;+3. The van der Waals surface area contributed by atoms with E-state index in [1.54, 1.807) is 0 Å². The van der Waals surface area contributed by atoms with Crippen LogP contribution in [0.3, 0.4) is 0 Å². The molecule has 0 atom stereocenters. The second-order valence-electron chi connectivity index (χ2n) is 15.9. The smallest absolute Gasteiger partial charge is 0.500 e. The molecule has 10 aromatic rings. The van der Waals surface area contributed by atoms with E-state index in [4.69, 9.17) is 13.8 Å². The summed E-state index contributed by atoms with van der Waals surface area (Å²) in [6.07, 6.45) is 1.93. The Morgan fingerprint density at radius 2 is 1.21 bits per heavy atom. The number of hydrogen-bond acceptors (Lipinski definition) is 3. The normalized spacial score (nSPS) is 11.2. The first-order valence-corrected chi connectivity index (χ1v) is 20.5. The minimum Gasteiger partial charge on any atom is -0.500 e. The minimum atomic E-state index is 0. The van der Waals surface area contributed by atoms with Crippen molar-refractivity contribution in [2.75, 3.05) is 0 Å². The first kappa shape index (κ1) is 41.1. The Morgan fingerprint density at radius 1 is 0.574 bits per heavy atom. The SMILES string of the molecule is CC(C)c1cc(-c2ccccc2)cc(C(C)C)c1-c1cccc2nc(-c3[c-]ccc4c3oc3cc(-c5ccccc5)ccc34)oc12.[CH2-]c1ccccc1-c1cccc[n+]1[CH2-].[Ir+3]. The molecular weight excluding hydrogens is 925 g/mol. The van der Waals surface area contributed by atoms with E-state index >= 15 is 0 Å². The number of hydrogen-bond donors (Lipinski definition) is 0. The van der Waals surface area contributed by atoms with Crippen LogP contribution in [0.15, 0.2) is 179 Å². The second kappa shape index (κ2) is 17.5. The minimum absolute atomic E-state index is 0. The van der Waals surface area contributed by atoms with E-state index in [9.17, 15) is 0 Å². The molecule has 7 aromatic carbocycles. The summed E-state index contributed by atoms with van der Waals surface area (Å²) in [4.78, 5) is 5.01. The molecular formula is C56H46IrN2O2+. The van der Waals surface area contributed by atoms with Crippen LogP contribution < -0.4 is 4.57 Å². The predicted octanol–water partition coefficient (Wildman–Crippen LogP) is 14.9. The summed E-state index contributed by atoms with van der Waals surface area (Å²) >= 11 is 0. The van der Waals surface area contributed by atoms with Gasteiger partial charge in [-0.2, -0.15) is 18.6 Å². The molecule has 0 spiro atoms. The molecule has 0 unspecified atom stereocenters. The summed E-state index contributed by atoms with van der Waals surface area (Å²) < 4.78 is 15.1. The van der Waals surface area contributed by atoms with Gasteiger partial charge in [0, 0.05) is 18.0 Å². The van der Waals surface area contributed by atoms with E-state index in [0.29, 0.717) is 17.7 Å². The molecule has 0 saturated carbocycles. The fourth-order valence-corrected chi connectivity index (χ4v) is 8.16. The van der Waals surface area contributed by atoms with Crippen LogP contribution in [-0.4, -0.2) is 4.98 Å². The van der Waals surface area contributed by atoms with E-state index in [1.165, 1.54) is 27.8 Å². The third-order valence-electron chi connectivity index (χ3n) is 11.2. The quantitative estimate of drug-likeness (QED) is 0.118. The summed E-state index contributed by atoms with van der Waals surface area (Å²) in [6.45, 7) is 13.1. The van der Waals surface area contributed by atoms with Gasteiger partial charge in [0.15, 0.2) is 0 Å². The van der Waals surface area contributed by atoms with Gasteiger partial charge >= 0.3 is 20.1 Å². The summed E-state index contributed by atoms with van der Waals surface area (Å²) in [6, 6.07) is 59.8. The van der Waals surface area contributed by atoms with Gasteiger partial charge in [0.25, 0.3) is 0 Å². The first-order valence-electron chi connectivity index (χ1n) is 20.5. The van der Waals surface area contributed by atoms with Gasteiger partial charge in [0.05, 0.1) is 23.0 Å². The van der Waals surface area contributed by atoms with E-state index in [-0.39, 0.29) is 20.1 Å². The molecule has 0 aliphatic carbocycles. The summed E-state index contributed by atoms with van der Waals surface area (Å²) in [5.41, 5.74) is 16.7. The van der Waals surface area contributed by atoms with Crippen molar-refractivity contribution < 1.29 is 33.5 Å². The van der Waals surface area contributed by atoms with Crippen LogP contribution >= 0.6 is 0 Å². The van der Waals surface area contributed by atoms with Crippen LogP contribution in [-0.2, 0) is 20.1 Å². The van der Waals surface area contributed by atoms with Gasteiger partial charge in [-0.25, -0.2) is 0 Å². The van der Waals surface area contributed by atoms with E-state index in [1.807, 2.05) is 65.4 Å². The molecule has 61 heavy (non-hydrogen) atoms. The molecule has 10 rings (SSSR count). The third kappa shape index (κ3) is 8.03. The van der Waals surface area contributed by atoms with Crippen LogP contribution in [0.1, 0.15) is 56.2 Å². The molecule has 3 aromatic heterocycles. The molecule has 0 radical (unpaired) electrons. The zero-order valence-electron chi connectivity index (χ0n) is 34.8. The maximum atomic E-state index is 6.72. The van der Waals surface area contributed by atoms with Crippen LogP contribution in [0.4, 0.5) is 0 Å². The van der Waals surface area contributed by atoms with Crippen LogP contribution in [0.25, 0.3) is 89.1 Å². The number of aromatic nitrogens is 2. The molecule has 0 aliphatic rings. The van der Waals surface area contributed by atoms with Crippen molar-refractivity contribution in [1.29, 1.82) is 0 Å². The zero-order chi connectivity index (χ0) is 41.3. The average molecular weight is 971 g/mol. The fourth-order valence-electron chi connectivity index (χ4n) is 8.16. The zero-order valence-corrected chi connectivity index (χ0v) is 37.2. The predicted molar refractivity (Wildman–Crippen MR) is 247 cm³/mol. The Hall–Kier alpha value is -6.65. The average Bonchev–Trinajstić information content (AvgIpc) is 3.89. The van der Waals surface area contributed by atoms with E-state index in [0.717, 1.165) is 72.1 Å². The molecule has 0 bridgehead atoms. The Bertz CT molecular complexity index is 3050. The monoisotopic (exact) mass is 971 g/mol. The number of rotatable bonds is 7. The summed E-state index contributed by atoms with van der Waals surface area (Å²) in [5.74, 6) is 1.13. The van der Waals surface area contributed by atoms with Crippen molar-refractivity contribution in [1.82, 2.24) is 4.98 Å². The summed E-state index contributed by atoms with van der Waals surface area (Å²) in [7, 11) is 3.93. The number of oxazole rings is 1. The number of benzene rings is 7. The van der Waals surface area contributed by atoms with E-state index in [2.05, 4.69) is 157 Å². The van der Waals surface area contributed by atoms with Crippen molar-refractivity contribution in [3.8, 4) is 56.1 Å². The number of furan rings is 1. The maximum Gasteiger partial charge on any atom is 3.00 e. The molecule has 0 N–H and O–H groups in total. The summed E-state index contributed by atoms with van der Waals surface area (Å²) in [5, 5.41) is 2.08. The Balaban J connectivity index is 0.000000291. The van der Waals surface area contributed by atoms with Crippen molar-refractivity contribution in [3.05, 3.63) is 207 Å². The molecule has 3 heterocycles. The number of nitrogens with zero attached hydrogens (tertiary/aromatic N) is 2. The Kier molecular flexibility index (Phi) is 11.8. The first-order chi connectivity index (χ1) is 29.2. The maximum absolute atomic E-state index is 6.72. The largest absolute Gasteiger partial charge is 3.00 e. The van der Waals surface area contributed by atoms with Gasteiger partial charge in [-0.15, -0.1) is 35.9 Å². The van der Waals surface area contributed by atoms with Crippen LogP contribution in [0.5, 0.6) is 0 Å². The topological polar surface area (TPSA) is 43.1 Å². The van der Waals surface area contributed by atoms with Crippen molar-refractivity contribution in [2.24, 2.45) is 0 Å². The van der Waals surface area contributed by atoms with Crippen molar-refractivity contribution >= 4 is 33.0 Å². The Labute approximate surface area is 371 Å². The van der Waals surface area contributed by atoms with Gasteiger partial charge in [-0.1, -0.05) is 154 Å². The van der Waals surface area contributed by atoms with Gasteiger partial charge in [-0.05, 0) is 68.5 Å². The van der Waals surface area contributed by atoms with Crippen molar-refractivity contribution in [3.63, 3.8) is 0 Å². The number of fused-ring (bicyclic) bond motifs is 4. The molecule has 0 amide bonds. The molecule has 300 valence electrons. The van der Waals surface area contributed by atoms with Crippen LogP contribution in [0.2, 0.25) is 0 Å². The fraction of sp³-hybridized carbons (Fsp3) is 0.107. The number of para-hydroxylation sites is 1. The number of pyridine rings is 1. The van der Waals surface area contributed by atoms with Crippen molar-refractivity contribution in [2.45, 2.75) is 39.5 Å².